The summed E-state index contributed by atoms with van der Waals surface area (Å²) >= 11 is 0.907. The van der Waals surface area contributed by atoms with Crippen molar-refractivity contribution >= 4 is 23.4 Å². The van der Waals surface area contributed by atoms with Gasteiger partial charge < -0.3 is 25.0 Å². The second-order valence-corrected chi connectivity index (χ2v) is 6.51. The number of amides is 1. The number of rotatable bonds is 5. The maximum absolute atomic E-state index is 11.5. The summed E-state index contributed by atoms with van der Waals surface area (Å²) in [5.74, 6) is -0.572. The molecule has 124 valence electrons. The molecule has 0 fully saturated rings. The molecule has 1 aromatic rings. The Morgan fingerprint density at radius 2 is 2.05 bits per heavy atom. The second-order valence-electron chi connectivity index (χ2n) is 5.45. The lowest BCUT2D eigenvalue weighted by Gasteiger charge is -2.21. The molecular formula is C13H20N2O6S. The zero-order chi connectivity index (χ0) is 16.9. The number of aliphatic hydroxyl groups is 2. The summed E-state index contributed by atoms with van der Waals surface area (Å²) in [6.07, 6.45) is -2.07. The van der Waals surface area contributed by atoms with E-state index in [1.807, 2.05) is 0 Å². The van der Waals surface area contributed by atoms with Crippen LogP contribution >= 0.6 is 11.3 Å². The smallest absolute Gasteiger partial charge is 0.407 e. The third-order valence-corrected chi connectivity index (χ3v) is 3.43. The normalized spacial score (nSPS) is 14.1. The molecule has 2 atom stereocenters. The molecule has 0 saturated carbocycles. The Morgan fingerprint density at radius 3 is 2.59 bits per heavy atom. The van der Waals surface area contributed by atoms with Crippen LogP contribution in [0.1, 0.15) is 41.6 Å². The van der Waals surface area contributed by atoms with Crippen LogP contribution in [-0.4, -0.2) is 52.6 Å². The first-order valence-electron chi connectivity index (χ1n) is 6.51. The minimum Gasteiger partial charge on any atom is -0.465 e. The summed E-state index contributed by atoms with van der Waals surface area (Å²) in [4.78, 5) is 26.8. The maximum Gasteiger partial charge on any atom is 0.407 e. The van der Waals surface area contributed by atoms with Crippen LogP contribution in [-0.2, 0) is 9.47 Å². The van der Waals surface area contributed by atoms with Crippen LogP contribution < -0.4 is 5.32 Å². The Labute approximate surface area is 132 Å². The molecule has 0 bridgehead atoms. The molecule has 22 heavy (non-hydrogen) atoms. The SMILES string of the molecule is COC(=O)c1cnc(C(O)C(O)CNC(=O)OC(C)(C)C)s1. The number of carbonyl (C=O) groups is 2. The van der Waals surface area contributed by atoms with Gasteiger partial charge in [0, 0.05) is 6.54 Å². The fourth-order valence-corrected chi connectivity index (χ4v) is 2.28. The molecule has 1 amide bonds. The van der Waals surface area contributed by atoms with Crippen molar-refractivity contribution in [2.24, 2.45) is 0 Å². The molecule has 0 aliphatic rings. The van der Waals surface area contributed by atoms with Gasteiger partial charge >= 0.3 is 12.1 Å². The first-order chi connectivity index (χ1) is 10.1. The number of nitrogens with zero attached hydrogens (tertiary/aromatic N) is 1. The second kappa shape index (κ2) is 7.52. The lowest BCUT2D eigenvalue weighted by molar-refractivity contribution is 0.0128. The van der Waals surface area contributed by atoms with Gasteiger partial charge in [0.2, 0.25) is 0 Å². The predicted molar refractivity (Wildman–Crippen MR) is 78.7 cm³/mol. The van der Waals surface area contributed by atoms with Crippen molar-refractivity contribution in [3.8, 4) is 0 Å². The number of alkyl carbamates (subject to hydrolysis) is 1. The van der Waals surface area contributed by atoms with E-state index in [9.17, 15) is 19.8 Å². The Morgan fingerprint density at radius 1 is 1.41 bits per heavy atom. The van der Waals surface area contributed by atoms with Crippen molar-refractivity contribution in [3.63, 3.8) is 0 Å². The number of nitrogens with one attached hydrogen (secondary N) is 1. The molecule has 2 unspecified atom stereocenters. The molecule has 0 spiro atoms. The van der Waals surface area contributed by atoms with Crippen LogP contribution in [0.15, 0.2) is 6.20 Å². The topological polar surface area (TPSA) is 118 Å². The Hall–Kier alpha value is -1.71. The summed E-state index contributed by atoms with van der Waals surface area (Å²) in [5, 5.41) is 22.3. The van der Waals surface area contributed by atoms with Crippen molar-refractivity contribution in [3.05, 3.63) is 16.1 Å². The van der Waals surface area contributed by atoms with E-state index in [2.05, 4.69) is 15.0 Å². The molecule has 0 aliphatic carbocycles. The van der Waals surface area contributed by atoms with Gasteiger partial charge in [0.1, 0.15) is 27.7 Å². The van der Waals surface area contributed by atoms with E-state index in [0.29, 0.717) is 0 Å². The van der Waals surface area contributed by atoms with E-state index in [-0.39, 0.29) is 16.4 Å². The highest BCUT2D eigenvalue weighted by Gasteiger charge is 2.24. The fourth-order valence-electron chi connectivity index (χ4n) is 1.40. The molecule has 1 aromatic heterocycles. The molecule has 0 aliphatic heterocycles. The number of ether oxygens (including phenoxy) is 2. The van der Waals surface area contributed by atoms with Crippen molar-refractivity contribution in [1.82, 2.24) is 10.3 Å². The molecule has 0 radical (unpaired) electrons. The van der Waals surface area contributed by atoms with Gasteiger partial charge in [0.05, 0.1) is 13.3 Å². The Kier molecular flexibility index (Phi) is 6.27. The minimum atomic E-state index is -1.33. The highest BCUT2D eigenvalue weighted by molar-refractivity contribution is 7.13. The van der Waals surface area contributed by atoms with Gasteiger partial charge in [-0.05, 0) is 20.8 Å². The Balaban J connectivity index is 2.54. The van der Waals surface area contributed by atoms with Crippen LogP contribution in [0, 0.1) is 0 Å². The van der Waals surface area contributed by atoms with Crippen molar-refractivity contribution < 1.29 is 29.3 Å². The monoisotopic (exact) mass is 332 g/mol. The molecule has 3 N–H and O–H groups in total. The zero-order valence-corrected chi connectivity index (χ0v) is 13.6. The molecule has 0 aromatic carbocycles. The van der Waals surface area contributed by atoms with Crippen molar-refractivity contribution in [1.29, 1.82) is 0 Å². The molecule has 1 heterocycles. The third kappa shape index (κ3) is 5.58. The molecule has 9 heteroatoms. The highest BCUT2D eigenvalue weighted by Crippen LogP contribution is 2.23. The number of hydrogen-bond donors (Lipinski definition) is 3. The van der Waals surface area contributed by atoms with Crippen LogP contribution in [0.3, 0.4) is 0 Å². The number of methoxy groups -OCH3 is 1. The van der Waals surface area contributed by atoms with Crippen molar-refractivity contribution in [2.45, 2.75) is 38.6 Å². The summed E-state index contributed by atoms with van der Waals surface area (Å²) in [5.41, 5.74) is -0.654. The standard InChI is InChI=1S/C13H20N2O6S/c1-13(2,3)21-12(19)15-5-7(16)9(17)10-14-6-8(22-10)11(18)20-4/h6-7,9,16-17H,5H2,1-4H3,(H,15,19). The molecular weight excluding hydrogens is 312 g/mol. The first kappa shape index (κ1) is 18.3. The van der Waals surface area contributed by atoms with E-state index in [0.717, 1.165) is 11.3 Å². The van der Waals surface area contributed by atoms with Gasteiger partial charge in [0.15, 0.2) is 0 Å². The van der Waals surface area contributed by atoms with E-state index >= 15 is 0 Å². The predicted octanol–water partition coefficient (Wildman–Crippen LogP) is 0.849. The van der Waals surface area contributed by atoms with E-state index < -0.39 is 29.9 Å². The number of aromatic nitrogens is 1. The van der Waals surface area contributed by atoms with Crippen molar-refractivity contribution in [2.75, 3.05) is 13.7 Å². The van der Waals surface area contributed by atoms with Crippen LogP contribution in [0.5, 0.6) is 0 Å². The summed E-state index contributed by atoms with van der Waals surface area (Å²) in [6, 6.07) is 0. The van der Waals surface area contributed by atoms with E-state index in [1.54, 1.807) is 20.8 Å². The third-order valence-electron chi connectivity index (χ3n) is 2.38. The maximum atomic E-state index is 11.5. The Bertz CT molecular complexity index is 525. The van der Waals surface area contributed by atoms with Crippen LogP contribution in [0.25, 0.3) is 0 Å². The number of esters is 1. The summed E-state index contributed by atoms with van der Waals surface area (Å²) in [6.45, 7) is 4.91. The van der Waals surface area contributed by atoms with Gasteiger partial charge in [-0.1, -0.05) is 0 Å². The lowest BCUT2D eigenvalue weighted by atomic mass is 10.2. The number of aliphatic hydroxyl groups excluding tert-OH is 2. The van der Waals surface area contributed by atoms with Gasteiger partial charge in [-0.3, -0.25) is 0 Å². The van der Waals surface area contributed by atoms with Crippen LogP contribution in [0.4, 0.5) is 4.79 Å². The zero-order valence-electron chi connectivity index (χ0n) is 12.8. The number of hydrogen-bond acceptors (Lipinski definition) is 8. The average molecular weight is 332 g/mol. The fraction of sp³-hybridized carbons (Fsp3) is 0.615. The van der Waals surface area contributed by atoms with Gasteiger partial charge in [-0.15, -0.1) is 11.3 Å². The quantitative estimate of drug-likeness (QED) is 0.684. The van der Waals surface area contributed by atoms with Gasteiger partial charge in [-0.2, -0.15) is 0 Å². The lowest BCUT2D eigenvalue weighted by Crippen LogP contribution is -2.38. The largest absolute Gasteiger partial charge is 0.465 e. The average Bonchev–Trinajstić information content (AvgIpc) is 2.90. The number of carbonyl (C=O) groups excluding carboxylic acids is 2. The summed E-state index contributed by atoms with van der Waals surface area (Å²) in [7, 11) is 1.23. The molecule has 8 nitrogen and oxygen atoms in total. The van der Waals surface area contributed by atoms with Gasteiger partial charge in [0.25, 0.3) is 0 Å². The highest BCUT2D eigenvalue weighted by atomic mass is 32.1. The van der Waals surface area contributed by atoms with E-state index in [1.165, 1.54) is 13.3 Å². The molecule has 0 saturated heterocycles. The summed E-state index contributed by atoms with van der Waals surface area (Å²) < 4.78 is 9.54. The van der Waals surface area contributed by atoms with E-state index in [4.69, 9.17) is 4.74 Å². The first-order valence-corrected chi connectivity index (χ1v) is 7.32. The minimum absolute atomic E-state index is 0.152. The molecule has 1 rings (SSSR count). The number of thiazole rings is 1. The van der Waals surface area contributed by atoms with Gasteiger partial charge in [-0.25, -0.2) is 14.6 Å². The van der Waals surface area contributed by atoms with Crippen LogP contribution in [0.2, 0.25) is 0 Å².